The van der Waals surface area contributed by atoms with Crippen LogP contribution in [-0.2, 0) is 14.4 Å². The van der Waals surface area contributed by atoms with E-state index in [0.29, 0.717) is 34.0 Å². The standard InChI is InChI=1S/C30H27ClN2O5/c1-38-20-12-10-18(11-13-20)19-16-24-29(26(34)17-19)30(21-6-2-3-7-22(21)31)33(27(35)14-15-28(36)37)25-9-5-4-8-23(25)32-24/h2-13,19,30,32H,14-17H2,1H3,(H,36,37). The number of halogens is 1. The molecule has 1 heterocycles. The van der Waals surface area contributed by atoms with E-state index in [4.69, 9.17) is 16.3 Å². The van der Waals surface area contributed by atoms with Crippen molar-refractivity contribution in [2.24, 2.45) is 0 Å². The number of carboxylic acid groups (broad SMARTS) is 1. The predicted octanol–water partition coefficient (Wildman–Crippen LogP) is 6.11. The van der Waals surface area contributed by atoms with Crippen molar-refractivity contribution in [2.45, 2.75) is 37.6 Å². The number of amides is 1. The van der Waals surface area contributed by atoms with Crippen molar-refractivity contribution in [1.82, 2.24) is 0 Å². The van der Waals surface area contributed by atoms with E-state index in [1.807, 2.05) is 54.6 Å². The van der Waals surface area contributed by atoms with E-state index >= 15 is 0 Å². The van der Waals surface area contributed by atoms with Crippen LogP contribution in [0.1, 0.15) is 48.8 Å². The Bertz CT molecular complexity index is 1430. The first-order valence-electron chi connectivity index (χ1n) is 12.4. The maximum Gasteiger partial charge on any atom is 0.303 e. The second-order valence-electron chi connectivity index (χ2n) is 9.42. The summed E-state index contributed by atoms with van der Waals surface area (Å²) in [5, 5.41) is 13.1. The van der Waals surface area contributed by atoms with Crippen molar-refractivity contribution in [3.8, 4) is 5.75 Å². The lowest BCUT2D eigenvalue weighted by molar-refractivity contribution is -0.138. The molecule has 0 bridgehead atoms. The molecule has 0 aromatic heterocycles. The summed E-state index contributed by atoms with van der Waals surface area (Å²) in [6.45, 7) is 0. The molecule has 5 rings (SSSR count). The largest absolute Gasteiger partial charge is 0.497 e. The lowest BCUT2D eigenvalue weighted by Gasteiger charge is -2.35. The third-order valence-electron chi connectivity index (χ3n) is 7.10. The summed E-state index contributed by atoms with van der Waals surface area (Å²) in [5.74, 6) is -0.872. The molecule has 0 fully saturated rings. The van der Waals surface area contributed by atoms with Crippen molar-refractivity contribution in [3.05, 3.63) is 100 Å². The molecule has 0 saturated carbocycles. The van der Waals surface area contributed by atoms with Crippen LogP contribution in [-0.4, -0.2) is 29.9 Å². The van der Waals surface area contributed by atoms with Gasteiger partial charge >= 0.3 is 5.97 Å². The van der Waals surface area contributed by atoms with Crippen LogP contribution in [0.3, 0.4) is 0 Å². The highest BCUT2D eigenvalue weighted by molar-refractivity contribution is 6.31. The molecule has 38 heavy (non-hydrogen) atoms. The number of methoxy groups -OCH3 is 1. The number of carboxylic acids is 1. The van der Waals surface area contributed by atoms with Gasteiger partial charge in [-0.1, -0.05) is 54.1 Å². The molecule has 2 aliphatic rings. The van der Waals surface area contributed by atoms with E-state index in [1.54, 1.807) is 30.2 Å². The Morgan fingerprint density at radius 3 is 2.42 bits per heavy atom. The summed E-state index contributed by atoms with van der Waals surface area (Å²) >= 11 is 6.67. The molecule has 0 saturated heterocycles. The molecule has 2 unspecified atom stereocenters. The average molecular weight is 531 g/mol. The van der Waals surface area contributed by atoms with Gasteiger partial charge in [0.1, 0.15) is 5.75 Å². The molecule has 3 aromatic carbocycles. The fourth-order valence-electron chi connectivity index (χ4n) is 5.30. The van der Waals surface area contributed by atoms with Crippen LogP contribution in [0.15, 0.2) is 84.1 Å². The van der Waals surface area contributed by atoms with Crippen molar-refractivity contribution in [3.63, 3.8) is 0 Å². The maximum absolute atomic E-state index is 14.0. The van der Waals surface area contributed by atoms with Gasteiger partial charge in [0.25, 0.3) is 0 Å². The molecular weight excluding hydrogens is 504 g/mol. The zero-order valence-electron chi connectivity index (χ0n) is 20.8. The molecule has 1 aliphatic heterocycles. The zero-order valence-corrected chi connectivity index (χ0v) is 21.6. The van der Waals surface area contributed by atoms with E-state index < -0.39 is 17.9 Å². The van der Waals surface area contributed by atoms with E-state index in [0.717, 1.165) is 17.0 Å². The monoisotopic (exact) mass is 530 g/mol. The predicted molar refractivity (Wildman–Crippen MR) is 146 cm³/mol. The molecule has 1 amide bonds. The molecular formula is C30H27ClN2O5. The Morgan fingerprint density at radius 2 is 1.71 bits per heavy atom. The Labute approximate surface area is 225 Å². The molecule has 7 nitrogen and oxygen atoms in total. The molecule has 0 spiro atoms. The topological polar surface area (TPSA) is 95.9 Å². The Balaban J connectivity index is 1.67. The SMILES string of the molecule is COc1ccc(C2CC(=O)C3=C(C2)Nc2ccccc2N(C(=O)CCC(=O)O)C3c2ccccc2Cl)cc1. The van der Waals surface area contributed by atoms with Crippen LogP contribution >= 0.6 is 11.6 Å². The van der Waals surface area contributed by atoms with Gasteiger partial charge in [-0.15, -0.1) is 0 Å². The van der Waals surface area contributed by atoms with Gasteiger partial charge in [0.05, 0.1) is 30.9 Å². The lowest BCUT2D eigenvalue weighted by atomic mass is 9.78. The first-order valence-corrected chi connectivity index (χ1v) is 12.8. The number of aliphatic carboxylic acids is 1. The number of hydrogen-bond acceptors (Lipinski definition) is 5. The number of benzene rings is 3. The van der Waals surface area contributed by atoms with Crippen LogP contribution in [0.2, 0.25) is 5.02 Å². The summed E-state index contributed by atoms with van der Waals surface area (Å²) in [6, 6.07) is 21.4. The number of carbonyl (C=O) groups excluding carboxylic acids is 2. The van der Waals surface area contributed by atoms with Crippen molar-refractivity contribution >= 4 is 40.6 Å². The van der Waals surface area contributed by atoms with Gasteiger partial charge < -0.3 is 15.2 Å². The molecule has 0 radical (unpaired) electrons. The van der Waals surface area contributed by atoms with E-state index in [2.05, 4.69) is 5.32 Å². The van der Waals surface area contributed by atoms with Gasteiger partial charge in [-0.25, -0.2) is 0 Å². The minimum absolute atomic E-state index is 0.0621. The number of hydrogen-bond donors (Lipinski definition) is 2. The van der Waals surface area contributed by atoms with Crippen molar-refractivity contribution < 1.29 is 24.2 Å². The molecule has 2 N–H and O–H groups in total. The van der Waals surface area contributed by atoms with Crippen LogP contribution in [0.4, 0.5) is 11.4 Å². The van der Waals surface area contributed by atoms with Crippen molar-refractivity contribution in [2.75, 3.05) is 17.3 Å². The summed E-state index contributed by atoms with van der Waals surface area (Å²) in [7, 11) is 1.61. The number of anilines is 2. The summed E-state index contributed by atoms with van der Waals surface area (Å²) in [6.07, 6.45) is 0.288. The van der Waals surface area contributed by atoms with E-state index in [9.17, 15) is 19.5 Å². The van der Waals surface area contributed by atoms with Crippen molar-refractivity contribution in [1.29, 1.82) is 0 Å². The number of carbonyl (C=O) groups is 3. The Kier molecular flexibility index (Phi) is 7.20. The molecule has 194 valence electrons. The van der Waals surface area contributed by atoms with Gasteiger partial charge in [-0.05, 0) is 53.8 Å². The summed E-state index contributed by atoms with van der Waals surface area (Å²) < 4.78 is 5.29. The molecule has 2 atom stereocenters. The normalized spacial score (nSPS) is 18.7. The van der Waals surface area contributed by atoms with E-state index in [-0.39, 0.29) is 31.0 Å². The summed E-state index contributed by atoms with van der Waals surface area (Å²) in [4.78, 5) is 40.5. The van der Waals surface area contributed by atoms with Gasteiger partial charge in [-0.2, -0.15) is 0 Å². The number of para-hydroxylation sites is 2. The third-order valence-corrected chi connectivity index (χ3v) is 7.44. The van der Waals surface area contributed by atoms with Gasteiger partial charge in [0.15, 0.2) is 5.78 Å². The minimum atomic E-state index is -1.06. The highest BCUT2D eigenvalue weighted by Crippen LogP contribution is 2.48. The number of ether oxygens (including phenoxy) is 1. The number of nitrogens with zero attached hydrogens (tertiary/aromatic N) is 1. The van der Waals surface area contributed by atoms with Crippen LogP contribution < -0.4 is 15.0 Å². The van der Waals surface area contributed by atoms with Crippen LogP contribution in [0.25, 0.3) is 0 Å². The molecule has 3 aromatic rings. The first-order chi connectivity index (χ1) is 18.4. The van der Waals surface area contributed by atoms with E-state index in [1.165, 1.54) is 0 Å². The lowest BCUT2D eigenvalue weighted by Crippen LogP contribution is -2.38. The van der Waals surface area contributed by atoms with Gasteiger partial charge in [0.2, 0.25) is 5.91 Å². The average Bonchev–Trinajstić information content (AvgIpc) is 3.06. The Morgan fingerprint density at radius 1 is 1.00 bits per heavy atom. The second-order valence-corrected chi connectivity index (χ2v) is 9.82. The highest BCUT2D eigenvalue weighted by Gasteiger charge is 2.42. The summed E-state index contributed by atoms with van der Waals surface area (Å²) in [5.41, 5.74) is 4.07. The molecule has 8 heteroatoms. The smallest absolute Gasteiger partial charge is 0.303 e. The minimum Gasteiger partial charge on any atom is -0.497 e. The maximum atomic E-state index is 14.0. The second kappa shape index (κ2) is 10.7. The Hall–Kier alpha value is -4.10. The van der Waals surface area contributed by atoms with Gasteiger partial charge in [-0.3, -0.25) is 19.3 Å². The van der Waals surface area contributed by atoms with Crippen LogP contribution in [0, 0.1) is 0 Å². The number of nitrogens with one attached hydrogen (secondary N) is 1. The van der Waals surface area contributed by atoms with Crippen LogP contribution in [0.5, 0.6) is 5.75 Å². The fraction of sp³-hybridized carbons (Fsp3) is 0.233. The molecule has 1 aliphatic carbocycles. The number of fused-ring (bicyclic) bond motifs is 1. The number of ketones is 1. The highest BCUT2D eigenvalue weighted by atomic mass is 35.5. The number of allylic oxidation sites excluding steroid dienone is 1. The zero-order chi connectivity index (χ0) is 26.8. The number of rotatable bonds is 6. The van der Waals surface area contributed by atoms with Gasteiger partial charge in [0, 0.05) is 29.1 Å². The fourth-order valence-corrected chi connectivity index (χ4v) is 5.54. The first kappa shape index (κ1) is 25.5. The number of Topliss-reactive ketones (excluding diaryl/α,β-unsaturated/α-hetero) is 1. The quantitative estimate of drug-likeness (QED) is 0.399. The third kappa shape index (κ3) is 4.89.